The van der Waals surface area contributed by atoms with Gasteiger partial charge in [0.1, 0.15) is 23.0 Å². The number of carbonyl (C=O) groups excluding carboxylic acids is 8. The molecule has 12 aromatic rings. The van der Waals surface area contributed by atoms with Gasteiger partial charge in [0.25, 0.3) is 47.3 Å². The van der Waals surface area contributed by atoms with Gasteiger partial charge in [-0.3, -0.25) is 48.7 Å². The Hall–Kier alpha value is -9.76. The van der Waals surface area contributed by atoms with Crippen molar-refractivity contribution in [3.8, 4) is 64.8 Å². The largest absolute Gasteiger partial charge is 0.506 e. The van der Waals surface area contributed by atoms with E-state index in [1.807, 2.05) is 5.43 Å². The molecule has 702 valence electrons. The van der Waals surface area contributed by atoms with Crippen LogP contribution in [0.25, 0.3) is 41.8 Å². The maximum absolute atomic E-state index is 12.6. The van der Waals surface area contributed by atoms with Gasteiger partial charge in [0, 0.05) is 73.9 Å². The van der Waals surface area contributed by atoms with E-state index < -0.39 is 29.5 Å². The Labute approximate surface area is 840 Å². The van der Waals surface area contributed by atoms with Gasteiger partial charge in [0.05, 0.1) is 163 Å². The molecule has 8 aromatic heterocycles. The second kappa shape index (κ2) is 49.3. The normalized spacial score (nSPS) is 14.2. The zero-order chi connectivity index (χ0) is 96.0. The van der Waals surface area contributed by atoms with Crippen LogP contribution in [0.4, 0.5) is 0 Å². The number of hydrogen-bond donors (Lipinski definition) is 13. The van der Waals surface area contributed by atoms with Crippen molar-refractivity contribution in [3.63, 3.8) is 0 Å². The molecule has 1 unspecified atom stereocenters. The van der Waals surface area contributed by atoms with Crippen LogP contribution in [0, 0.1) is 0 Å². The van der Waals surface area contributed by atoms with Crippen molar-refractivity contribution in [2.24, 2.45) is 26.2 Å². The summed E-state index contributed by atoms with van der Waals surface area (Å²) in [5.41, 5.74) is 18.5. The topological polar surface area (TPSA) is 414 Å². The van der Waals surface area contributed by atoms with Crippen molar-refractivity contribution >= 4 is 254 Å². The lowest BCUT2D eigenvalue weighted by atomic mass is 10.1. The number of thiophene rings is 8. The number of nitrogens with two attached hydrogens (primary N) is 1. The lowest BCUT2D eigenvalue weighted by Crippen LogP contribution is -2.41. The molecular formula is C89H83Cl8N15O14S8. The van der Waals surface area contributed by atoms with E-state index in [1.165, 1.54) is 70.3 Å². The van der Waals surface area contributed by atoms with Gasteiger partial charge in [-0.2, -0.15) is 20.4 Å². The maximum atomic E-state index is 12.6. The lowest BCUT2D eigenvalue weighted by Gasteiger charge is -2.26. The molecular weight excluding hydrogens is 2040 g/mol. The van der Waals surface area contributed by atoms with Gasteiger partial charge in [0.15, 0.2) is 0 Å². The molecule has 134 heavy (non-hydrogen) atoms. The van der Waals surface area contributed by atoms with Gasteiger partial charge < -0.3 is 50.8 Å². The van der Waals surface area contributed by atoms with Crippen molar-refractivity contribution < 1.29 is 68.3 Å². The summed E-state index contributed by atoms with van der Waals surface area (Å²) >= 11 is 57.8. The highest BCUT2D eigenvalue weighted by Crippen LogP contribution is 2.45. The number of hydrazine groups is 1. The molecule has 0 radical (unpaired) electrons. The van der Waals surface area contributed by atoms with Crippen molar-refractivity contribution in [2.45, 2.75) is 59.5 Å². The quantitative estimate of drug-likeness (QED) is 0.00937. The molecule has 0 aliphatic carbocycles. The maximum Gasteiger partial charge on any atom is 0.281 e. The Bertz CT molecular complexity index is 6440. The summed E-state index contributed by atoms with van der Waals surface area (Å²) in [4.78, 5) is 109. The predicted octanol–water partition coefficient (Wildman–Crippen LogP) is 20.0. The monoisotopic (exact) mass is 2120 g/mol. The van der Waals surface area contributed by atoms with E-state index in [4.69, 9.17) is 108 Å². The summed E-state index contributed by atoms with van der Waals surface area (Å²) in [6, 6.07) is 33.0. The van der Waals surface area contributed by atoms with E-state index >= 15 is 0 Å². The van der Waals surface area contributed by atoms with Crippen molar-refractivity contribution in [1.82, 2.24) is 52.9 Å². The highest BCUT2D eigenvalue weighted by molar-refractivity contribution is 7.18. The SMILES string of the molecule is C/C(=N\NC(=O)c1ccc(C(=O)NCC2CCCO2)s1)c1csc(-c2ccc(Cl)c(Cl)c2)c1O.C/C(=N\NC(=O)c1ccc(C(=O)NCCN2CCCC2)s1)c1csc(-c2ccc(Cl)c(Cl)c2)c1O.C/C(=N\NC(=O)c1ccc(C(=O)NCCN2CCOCC2)s1)c1csc(-c2ccc(Cl)c(Cl)c2)c1O.C/C(=N\NC(=O)c1ccc(C(=O)NN)s1)c1csc(-c2ccc(Cl)c(Cl)c2)c1O. The second-order valence-electron chi connectivity index (χ2n) is 29.4. The van der Waals surface area contributed by atoms with Crippen LogP contribution in [0.1, 0.15) is 153 Å². The third-order valence-electron chi connectivity index (χ3n) is 20.2. The summed E-state index contributed by atoms with van der Waals surface area (Å²) in [5.74, 6) is 2.32. The smallest absolute Gasteiger partial charge is 0.281 e. The fourth-order valence-electron chi connectivity index (χ4n) is 13.0. The van der Waals surface area contributed by atoms with Crippen molar-refractivity contribution in [1.29, 1.82) is 0 Å². The summed E-state index contributed by atoms with van der Waals surface area (Å²) in [7, 11) is 0. The molecule has 14 N–H and O–H groups in total. The Kier molecular flexibility index (Phi) is 38.0. The third-order valence-corrected chi connectivity index (χ3v) is 31.6. The first kappa shape index (κ1) is 103. The Morgan fingerprint density at radius 2 is 0.642 bits per heavy atom. The number of likely N-dealkylation sites (tertiary alicyclic amines) is 1. The highest BCUT2D eigenvalue weighted by Gasteiger charge is 2.26. The summed E-state index contributed by atoms with van der Waals surface area (Å²) in [6.45, 7) is 15.9. The minimum atomic E-state index is -0.482. The van der Waals surface area contributed by atoms with E-state index in [9.17, 15) is 58.8 Å². The van der Waals surface area contributed by atoms with Gasteiger partial charge in [-0.25, -0.2) is 27.5 Å². The Morgan fingerprint density at radius 1 is 0.366 bits per heavy atom. The van der Waals surface area contributed by atoms with Crippen molar-refractivity contribution in [2.75, 3.05) is 78.7 Å². The minimum Gasteiger partial charge on any atom is -0.506 e. The van der Waals surface area contributed by atoms with E-state index in [1.54, 1.807) is 158 Å². The molecule has 1 atom stereocenters. The lowest BCUT2D eigenvalue weighted by molar-refractivity contribution is 0.0383. The van der Waals surface area contributed by atoms with Crippen LogP contribution in [0.5, 0.6) is 23.0 Å². The van der Waals surface area contributed by atoms with E-state index in [-0.39, 0.29) is 46.8 Å². The highest BCUT2D eigenvalue weighted by atomic mass is 35.5. The number of hydrazone groups is 4. The molecule has 45 heteroatoms. The first-order chi connectivity index (χ1) is 64.3. The molecule has 3 aliphatic heterocycles. The number of nitrogens with zero attached hydrogens (tertiary/aromatic N) is 6. The number of amides is 8. The molecule has 15 rings (SSSR count). The number of morpholine rings is 1. The fourth-order valence-corrected chi connectivity index (χ4v) is 21.4. The van der Waals surface area contributed by atoms with Crippen LogP contribution in [-0.2, 0) is 9.47 Å². The number of hydrogen-bond acceptors (Lipinski definition) is 29. The standard InChI is InChI=1S/C24H24Cl2N4O4S2.C24H24Cl2N4O3S2.C23H21Cl2N3O4S2.C18H14Cl2N4O3S2/c1-14(16-13-35-22(21(16)31)15-2-3-17(25)18(26)12-15)28-29-24(33)20-5-4-19(36-20)23(32)27-6-7-30-8-10-34-11-9-30;1-14(16-13-34-22(21(16)31)15-4-5-17(25)18(26)12-15)28-29-24(33)20-7-6-19(35-20)23(32)27-8-11-30-9-2-3-10-30;1-12(15-11-33-21(20(15)29)13-4-5-16(24)17(25)9-13)27-28-23(31)19-7-6-18(34-19)22(30)26-10-14-3-2-8-32-14;1-8(23-24-18(27)14-5-4-13(29-14)17(26)22-21)10-7-28-16(15(10)25)9-2-3-11(19)12(20)6-9/h2-5,12-13,31H,6-11H2,1H3,(H,27,32)(H,29,33);4-7,12-13,31H,2-3,8-11H2,1H3,(H,27,32)(H,29,33);4-7,9,11,14,29H,2-3,8,10H2,1H3,(H,26,30)(H,28,31);2-7,25H,21H2,1H3,(H,22,26)(H,24,27)/b2*28-14+;27-12+;23-8+. The average Bonchev–Trinajstić information content (AvgIpc) is 1.69. The van der Waals surface area contributed by atoms with Gasteiger partial charge in [-0.1, -0.05) is 117 Å². The number of nitrogens with one attached hydrogen (secondary N) is 8. The van der Waals surface area contributed by atoms with Crippen LogP contribution >= 0.6 is 184 Å². The first-order valence-electron chi connectivity index (χ1n) is 40.6. The molecule has 11 heterocycles. The number of ether oxygens (including phenoxy) is 2. The number of aromatic hydroxyl groups is 4. The van der Waals surface area contributed by atoms with E-state index in [0.717, 1.165) is 121 Å². The zero-order valence-electron chi connectivity index (χ0n) is 71.2. The van der Waals surface area contributed by atoms with Crippen LogP contribution in [0.15, 0.2) is 163 Å². The first-order valence-corrected chi connectivity index (χ1v) is 50.4. The summed E-state index contributed by atoms with van der Waals surface area (Å²) in [5, 5.41) is 78.0. The van der Waals surface area contributed by atoms with Gasteiger partial charge in [-0.05, 0) is 186 Å². The summed E-state index contributed by atoms with van der Waals surface area (Å²) in [6.07, 6.45) is 4.41. The van der Waals surface area contributed by atoms with Gasteiger partial charge in [-0.15, -0.1) is 90.7 Å². The van der Waals surface area contributed by atoms with Crippen LogP contribution in [0.2, 0.25) is 40.2 Å². The number of carbonyl (C=O) groups is 8. The van der Waals surface area contributed by atoms with E-state index in [0.29, 0.717) is 182 Å². The minimum absolute atomic E-state index is 0.0296. The average molecular weight is 2130 g/mol. The van der Waals surface area contributed by atoms with E-state index in [2.05, 4.69) is 67.9 Å². The van der Waals surface area contributed by atoms with Crippen LogP contribution < -0.4 is 48.9 Å². The molecule has 3 aliphatic rings. The number of benzene rings is 4. The molecule has 0 bridgehead atoms. The van der Waals surface area contributed by atoms with Gasteiger partial charge in [0.2, 0.25) is 0 Å². The number of nitrogen functional groups attached to an aromatic ring is 1. The fraction of sp³-hybridized carbons (Fsp3) is 0.236. The molecule has 4 aromatic carbocycles. The Morgan fingerprint density at radius 3 is 0.918 bits per heavy atom. The predicted molar refractivity (Wildman–Crippen MR) is 542 cm³/mol. The van der Waals surface area contributed by atoms with Crippen molar-refractivity contribution in [3.05, 3.63) is 244 Å². The Balaban J connectivity index is 0.000000161. The zero-order valence-corrected chi connectivity index (χ0v) is 83.7. The molecule has 3 fully saturated rings. The molecule has 3 saturated heterocycles. The van der Waals surface area contributed by atoms with Crippen LogP contribution in [0.3, 0.4) is 0 Å². The molecule has 29 nitrogen and oxygen atoms in total. The van der Waals surface area contributed by atoms with Crippen LogP contribution in [-0.4, -0.2) is 185 Å². The molecule has 0 saturated carbocycles. The molecule has 8 amide bonds. The second-order valence-corrected chi connectivity index (χ2v) is 40.5. The number of rotatable bonds is 28. The number of halogens is 8. The van der Waals surface area contributed by atoms with Gasteiger partial charge >= 0.3 is 0 Å². The summed E-state index contributed by atoms with van der Waals surface area (Å²) < 4.78 is 10.8. The molecule has 0 spiro atoms. The third kappa shape index (κ3) is 27.6.